The molecule has 0 saturated heterocycles. The number of carbonyl (C=O) groups is 1. The molecule has 14 heavy (non-hydrogen) atoms. The van der Waals surface area contributed by atoms with Crippen molar-refractivity contribution >= 4 is 11.5 Å². The molecule has 0 aliphatic heterocycles. The standard InChI is InChI=1S/C11H15NO2/c1-11(2,3)9-7-8(12-14-4)5-6-10(9)13/h5-7H,1-4H3/b12-8-. The highest BCUT2D eigenvalue weighted by molar-refractivity contribution is 6.19. The van der Waals surface area contributed by atoms with Crippen LogP contribution in [0.4, 0.5) is 0 Å². The number of carbonyl (C=O) groups excluding carboxylic acids is 1. The van der Waals surface area contributed by atoms with Crippen LogP contribution in [-0.4, -0.2) is 18.6 Å². The zero-order valence-electron chi connectivity index (χ0n) is 9.00. The van der Waals surface area contributed by atoms with Gasteiger partial charge in [-0.15, -0.1) is 0 Å². The first-order valence-electron chi connectivity index (χ1n) is 4.51. The summed E-state index contributed by atoms with van der Waals surface area (Å²) in [5.41, 5.74) is 1.28. The molecule has 0 saturated carbocycles. The maximum absolute atomic E-state index is 11.5. The van der Waals surface area contributed by atoms with E-state index in [1.54, 1.807) is 12.2 Å². The minimum atomic E-state index is -0.156. The molecule has 3 nitrogen and oxygen atoms in total. The summed E-state index contributed by atoms with van der Waals surface area (Å²) in [6.45, 7) is 6.00. The third-order valence-electron chi connectivity index (χ3n) is 1.97. The Hall–Kier alpha value is -1.38. The van der Waals surface area contributed by atoms with Crippen LogP contribution in [0.15, 0.2) is 29.0 Å². The van der Waals surface area contributed by atoms with E-state index in [1.165, 1.54) is 13.2 Å². The predicted molar refractivity (Wildman–Crippen MR) is 56.1 cm³/mol. The molecule has 1 rings (SSSR count). The van der Waals surface area contributed by atoms with Crippen molar-refractivity contribution in [3.05, 3.63) is 23.8 Å². The Kier molecular flexibility index (Phi) is 2.89. The van der Waals surface area contributed by atoms with Crippen molar-refractivity contribution in [3.63, 3.8) is 0 Å². The fourth-order valence-electron chi connectivity index (χ4n) is 1.27. The maximum Gasteiger partial charge on any atom is 0.182 e. The van der Waals surface area contributed by atoms with E-state index in [4.69, 9.17) is 0 Å². The van der Waals surface area contributed by atoms with Crippen LogP contribution in [0.3, 0.4) is 0 Å². The Morgan fingerprint density at radius 3 is 2.43 bits per heavy atom. The normalized spacial score (nSPS) is 19.9. The average molecular weight is 193 g/mol. The number of ketones is 1. The Balaban J connectivity index is 3.05. The van der Waals surface area contributed by atoms with Gasteiger partial charge in [0.05, 0.1) is 0 Å². The first-order valence-corrected chi connectivity index (χ1v) is 4.51. The lowest BCUT2D eigenvalue weighted by molar-refractivity contribution is -0.112. The molecule has 0 amide bonds. The molecule has 0 bridgehead atoms. The van der Waals surface area contributed by atoms with E-state index in [0.29, 0.717) is 5.71 Å². The van der Waals surface area contributed by atoms with E-state index in [1.807, 2.05) is 20.8 Å². The number of hydrogen-bond donors (Lipinski definition) is 0. The lowest BCUT2D eigenvalue weighted by Crippen LogP contribution is -2.20. The second-order valence-electron chi connectivity index (χ2n) is 4.20. The van der Waals surface area contributed by atoms with Gasteiger partial charge in [0.2, 0.25) is 0 Å². The molecule has 0 aromatic rings. The fraction of sp³-hybridized carbons (Fsp3) is 0.455. The van der Waals surface area contributed by atoms with Crippen molar-refractivity contribution in [2.24, 2.45) is 10.6 Å². The highest BCUT2D eigenvalue weighted by Gasteiger charge is 2.24. The van der Waals surface area contributed by atoms with Crippen LogP contribution in [0.5, 0.6) is 0 Å². The summed E-state index contributed by atoms with van der Waals surface area (Å²) in [6.07, 6.45) is 4.95. The molecule has 0 heterocycles. The fourth-order valence-corrected chi connectivity index (χ4v) is 1.27. The SMILES string of the molecule is CO/N=C1/C=CC(=O)C(C(C)(C)C)=C1. The molecule has 76 valence electrons. The second kappa shape index (κ2) is 3.78. The Morgan fingerprint density at radius 2 is 1.93 bits per heavy atom. The van der Waals surface area contributed by atoms with E-state index in [9.17, 15) is 4.79 Å². The van der Waals surface area contributed by atoms with Gasteiger partial charge in [0, 0.05) is 5.57 Å². The number of hydrogen-bond acceptors (Lipinski definition) is 3. The van der Waals surface area contributed by atoms with Crippen LogP contribution >= 0.6 is 0 Å². The molecule has 0 N–H and O–H groups in total. The molecule has 0 spiro atoms. The summed E-state index contributed by atoms with van der Waals surface area (Å²) in [5.74, 6) is 0.0487. The second-order valence-corrected chi connectivity index (χ2v) is 4.20. The third kappa shape index (κ3) is 2.31. The summed E-state index contributed by atoms with van der Waals surface area (Å²) in [6, 6.07) is 0. The van der Waals surface area contributed by atoms with Crippen molar-refractivity contribution in [2.75, 3.05) is 7.11 Å². The molecule has 0 aromatic heterocycles. The van der Waals surface area contributed by atoms with E-state index in [0.717, 1.165) is 5.57 Å². The van der Waals surface area contributed by atoms with Gasteiger partial charge in [-0.25, -0.2) is 0 Å². The van der Waals surface area contributed by atoms with Gasteiger partial charge in [-0.3, -0.25) is 4.79 Å². The summed E-state index contributed by atoms with van der Waals surface area (Å²) in [7, 11) is 1.49. The zero-order chi connectivity index (χ0) is 10.8. The molecule has 0 atom stereocenters. The van der Waals surface area contributed by atoms with Crippen molar-refractivity contribution < 1.29 is 9.63 Å². The Morgan fingerprint density at radius 1 is 1.29 bits per heavy atom. The molecule has 0 unspecified atom stereocenters. The molecule has 3 heteroatoms. The van der Waals surface area contributed by atoms with Gasteiger partial charge in [0.15, 0.2) is 5.78 Å². The van der Waals surface area contributed by atoms with Crippen LogP contribution in [0.25, 0.3) is 0 Å². The van der Waals surface area contributed by atoms with Gasteiger partial charge in [-0.2, -0.15) is 0 Å². The molecular weight excluding hydrogens is 178 g/mol. The minimum absolute atomic E-state index is 0.0487. The van der Waals surface area contributed by atoms with Crippen LogP contribution in [0.1, 0.15) is 20.8 Å². The zero-order valence-corrected chi connectivity index (χ0v) is 9.00. The quantitative estimate of drug-likeness (QED) is 0.472. The van der Waals surface area contributed by atoms with Crippen molar-refractivity contribution in [1.29, 1.82) is 0 Å². The summed E-state index contributed by atoms with van der Waals surface area (Å²) >= 11 is 0. The molecule has 1 aliphatic rings. The van der Waals surface area contributed by atoms with Gasteiger partial charge in [0.1, 0.15) is 12.8 Å². The Labute approximate surface area is 84.1 Å². The van der Waals surface area contributed by atoms with Gasteiger partial charge in [0.25, 0.3) is 0 Å². The third-order valence-corrected chi connectivity index (χ3v) is 1.97. The Bertz CT molecular complexity index is 330. The van der Waals surface area contributed by atoms with E-state index in [-0.39, 0.29) is 11.2 Å². The van der Waals surface area contributed by atoms with Gasteiger partial charge in [-0.05, 0) is 23.6 Å². The van der Waals surface area contributed by atoms with Gasteiger partial charge in [-0.1, -0.05) is 25.9 Å². The lowest BCUT2D eigenvalue weighted by atomic mass is 9.81. The maximum atomic E-state index is 11.5. The monoisotopic (exact) mass is 193 g/mol. The molecular formula is C11H15NO2. The van der Waals surface area contributed by atoms with E-state index < -0.39 is 0 Å². The smallest absolute Gasteiger partial charge is 0.182 e. The van der Waals surface area contributed by atoms with E-state index in [2.05, 4.69) is 9.99 Å². The lowest BCUT2D eigenvalue weighted by Gasteiger charge is -2.22. The van der Waals surface area contributed by atoms with Crippen molar-refractivity contribution in [2.45, 2.75) is 20.8 Å². The van der Waals surface area contributed by atoms with Crippen LogP contribution in [0, 0.1) is 5.41 Å². The van der Waals surface area contributed by atoms with Crippen LogP contribution in [-0.2, 0) is 9.63 Å². The molecule has 0 radical (unpaired) electrons. The number of rotatable bonds is 1. The van der Waals surface area contributed by atoms with Crippen LogP contribution < -0.4 is 0 Å². The minimum Gasteiger partial charge on any atom is -0.399 e. The highest BCUT2D eigenvalue weighted by atomic mass is 16.6. The highest BCUT2D eigenvalue weighted by Crippen LogP contribution is 2.27. The summed E-state index contributed by atoms with van der Waals surface area (Å²) < 4.78 is 0. The summed E-state index contributed by atoms with van der Waals surface area (Å²) in [5, 5.41) is 3.78. The van der Waals surface area contributed by atoms with Gasteiger partial charge >= 0.3 is 0 Å². The van der Waals surface area contributed by atoms with Crippen LogP contribution in [0.2, 0.25) is 0 Å². The predicted octanol–water partition coefficient (Wildman–Crippen LogP) is 2.10. The number of allylic oxidation sites excluding steroid dienone is 4. The average Bonchev–Trinajstić information content (AvgIpc) is 2.07. The van der Waals surface area contributed by atoms with Crippen molar-refractivity contribution in [1.82, 2.24) is 0 Å². The first-order chi connectivity index (χ1) is 6.45. The van der Waals surface area contributed by atoms with E-state index >= 15 is 0 Å². The summed E-state index contributed by atoms with van der Waals surface area (Å²) in [4.78, 5) is 16.2. The molecule has 0 fully saturated rings. The molecule has 1 aliphatic carbocycles. The number of nitrogens with zero attached hydrogens (tertiary/aromatic N) is 1. The largest absolute Gasteiger partial charge is 0.399 e. The molecule has 0 aromatic carbocycles. The first kappa shape index (κ1) is 10.7. The topological polar surface area (TPSA) is 38.7 Å². The van der Waals surface area contributed by atoms with Crippen molar-refractivity contribution in [3.8, 4) is 0 Å². The number of oxime groups is 1. The van der Waals surface area contributed by atoms with Gasteiger partial charge < -0.3 is 4.84 Å².